The summed E-state index contributed by atoms with van der Waals surface area (Å²) in [5, 5.41) is 17.7. The number of aromatic amines is 1. The summed E-state index contributed by atoms with van der Waals surface area (Å²) in [7, 11) is 0. The summed E-state index contributed by atoms with van der Waals surface area (Å²) in [4.78, 5) is 17.7. The number of hydrogen-bond donors (Lipinski definition) is 2. The van der Waals surface area contributed by atoms with Crippen LogP contribution < -0.4 is 5.32 Å². The van der Waals surface area contributed by atoms with Gasteiger partial charge in [-0.1, -0.05) is 0 Å². The van der Waals surface area contributed by atoms with Crippen molar-refractivity contribution in [3.63, 3.8) is 0 Å². The van der Waals surface area contributed by atoms with E-state index in [9.17, 15) is 5.26 Å². The lowest BCUT2D eigenvalue weighted by molar-refractivity contribution is 0.122. The molecule has 0 atom stereocenters. The van der Waals surface area contributed by atoms with Crippen LogP contribution in [0, 0.1) is 18.3 Å². The Kier molecular flexibility index (Phi) is 7.23. The molecule has 7 nitrogen and oxygen atoms in total. The van der Waals surface area contributed by atoms with Gasteiger partial charge in [-0.2, -0.15) is 5.26 Å². The number of pyridine rings is 1. The number of nitriles is 1. The molecule has 2 saturated heterocycles. The van der Waals surface area contributed by atoms with E-state index in [-0.39, 0.29) is 0 Å². The molecule has 1 aromatic carbocycles. The maximum atomic E-state index is 9.77. The largest absolute Gasteiger partial charge is 0.361 e. The molecule has 0 saturated carbocycles. The molecule has 0 radical (unpaired) electrons. The zero-order chi connectivity index (χ0) is 25.9. The average Bonchev–Trinajstić information content (AvgIpc) is 3.73. The summed E-state index contributed by atoms with van der Waals surface area (Å²) in [6.07, 6.45) is 14.6. The topological polar surface area (TPSA) is 83.9 Å². The molecule has 2 aliphatic heterocycles. The highest BCUT2D eigenvalue weighted by molar-refractivity contribution is 7.09. The fourth-order valence-electron chi connectivity index (χ4n) is 5.77. The molecular weight excluding hydrogens is 490 g/mol. The van der Waals surface area contributed by atoms with Crippen molar-refractivity contribution in [2.24, 2.45) is 0 Å². The molecule has 2 N–H and O–H groups in total. The molecule has 4 aromatic rings. The second kappa shape index (κ2) is 11.1. The zero-order valence-electron chi connectivity index (χ0n) is 21.8. The van der Waals surface area contributed by atoms with Gasteiger partial charge in [-0.05, 0) is 81.6 Å². The Morgan fingerprint density at radius 2 is 1.97 bits per heavy atom. The van der Waals surface area contributed by atoms with E-state index in [1.165, 1.54) is 38.8 Å². The maximum Gasteiger partial charge on any atom is 0.107 e. The number of piperidine rings is 1. The number of nitrogens with one attached hydrogen (secondary N) is 2. The summed E-state index contributed by atoms with van der Waals surface area (Å²) in [5.74, 6) is 0. The molecule has 6 rings (SSSR count). The van der Waals surface area contributed by atoms with Gasteiger partial charge in [0.05, 0.1) is 23.5 Å². The van der Waals surface area contributed by atoms with Crippen LogP contribution in [0.4, 0.5) is 11.4 Å². The van der Waals surface area contributed by atoms with Crippen molar-refractivity contribution in [2.45, 2.75) is 45.2 Å². The van der Waals surface area contributed by atoms with Crippen molar-refractivity contribution in [1.29, 1.82) is 5.26 Å². The van der Waals surface area contributed by atoms with Gasteiger partial charge in [0.1, 0.15) is 11.1 Å². The minimum atomic E-state index is 0.511. The minimum absolute atomic E-state index is 0.511. The van der Waals surface area contributed by atoms with Crippen molar-refractivity contribution >= 4 is 45.8 Å². The first kappa shape index (κ1) is 24.8. The second-order valence-electron chi connectivity index (χ2n) is 10.3. The van der Waals surface area contributed by atoms with Gasteiger partial charge in [0, 0.05) is 65.3 Å². The highest BCUT2D eigenvalue weighted by Crippen LogP contribution is 2.31. The third-order valence-electron chi connectivity index (χ3n) is 7.94. The summed E-state index contributed by atoms with van der Waals surface area (Å²) in [6, 6.07) is 9.24. The molecule has 2 fully saturated rings. The molecular formula is C30H33N7S. The summed E-state index contributed by atoms with van der Waals surface area (Å²) in [5.41, 5.74) is 6.27. The number of aryl methyl sites for hydroxylation is 1. The normalized spacial score (nSPS) is 17.5. The Morgan fingerprint density at radius 3 is 2.79 bits per heavy atom. The number of rotatable bonds is 7. The van der Waals surface area contributed by atoms with Crippen LogP contribution >= 0.6 is 11.3 Å². The third-order valence-corrected chi connectivity index (χ3v) is 8.79. The van der Waals surface area contributed by atoms with E-state index in [2.05, 4.69) is 55.6 Å². The van der Waals surface area contributed by atoms with Gasteiger partial charge in [0.15, 0.2) is 0 Å². The van der Waals surface area contributed by atoms with Crippen LogP contribution in [0.1, 0.15) is 53.1 Å². The Morgan fingerprint density at radius 1 is 1.13 bits per heavy atom. The van der Waals surface area contributed by atoms with E-state index in [0.29, 0.717) is 5.56 Å². The highest BCUT2D eigenvalue weighted by Gasteiger charge is 2.26. The molecule has 3 aromatic heterocycles. The predicted octanol–water partition coefficient (Wildman–Crippen LogP) is 6.17. The molecule has 0 unspecified atom stereocenters. The fraction of sp³-hybridized carbons (Fsp3) is 0.367. The van der Waals surface area contributed by atoms with E-state index in [4.69, 9.17) is 4.98 Å². The summed E-state index contributed by atoms with van der Waals surface area (Å²) in [6.45, 7) is 7.90. The van der Waals surface area contributed by atoms with E-state index in [1.54, 1.807) is 23.7 Å². The van der Waals surface area contributed by atoms with Crippen LogP contribution in [0.3, 0.4) is 0 Å². The number of H-pyrrole nitrogens is 1. The van der Waals surface area contributed by atoms with Crippen molar-refractivity contribution < 1.29 is 0 Å². The Labute approximate surface area is 227 Å². The van der Waals surface area contributed by atoms with Gasteiger partial charge >= 0.3 is 0 Å². The number of thiazole rings is 1. The molecule has 0 aliphatic carbocycles. The zero-order valence-corrected chi connectivity index (χ0v) is 22.6. The number of anilines is 2. The number of fused-ring (bicyclic) bond motifs is 1. The van der Waals surface area contributed by atoms with E-state index in [0.717, 1.165) is 69.8 Å². The number of hydrogen-bond acceptors (Lipinski definition) is 7. The van der Waals surface area contributed by atoms with Gasteiger partial charge in [0.25, 0.3) is 0 Å². The van der Waals surface area contributed by atoms with Crippen molar-refractivity contribution in [3.05, 3.63) is 69.6 Å². The van der Waals surface area contributed by atoms with Crippen molar-refractivity contribution in [3.8, 4) is 6.07 Å². The Bertz CT molecular complexity index is 1480. The second-order valence-corrected chi connectivity index (χ2v) is 11.3. The SMILES string of the molecule is Cc1c(Nc2c(C#N)cncc2/C=C/c2csc(CN3CCC(N4CCCC4)CC3)n2)ccc2[nH]ccc12. The van der Waals surface area contributed by atoms with Gasteiger partial charge < -0.3 is 15.2 Å². The van der Waals surface area contributed by atoms with E-state index >= 15 is 0 Å². The molecule has 2 aliphatic rings. The van der Waals surface area contributed by atoms with Gasteiger partial charge in [-0.25, -0.2) is 4.98 Å². The van der Waals surface area contributed by atoms with Crippen LogP contribution in [0.2, 0.25) is 0 Å². The first-order valence-electron chi connectivity index (χ1n) is 13.5. The number of likely N-dealkylation sites (tertiary alicyclic amines) is 2. The van der Waals surface area contributed by atoms with Crippen molar-refractivity contribution in [1.82, 2.24) is 24.8 Å². The maximum absolute atomic E-state index is 9.77. The fourth-order valence-corrected chi connectivity index (χ4v) is 6.57. The smallest absolute Gasteiger partial charge is 0.107 e. The van der Waals surface area contributed by atoms with E-state index in [1.807, 2.05) is 24.4 Å². The van der Waals surface area contributed by atoms with Crippen LogP contribution in [0.25, 0.3) is 23.1 Å². The highest BCUT2D eigenvalue weighted by atomic mass is 32.1. The van der Waals surface area contributed by atoms with Gasteiger partial charge in [-0.15, -0.1) is 11.3 Å². The molecule has 38 heavy (non-hydrogen) atoms. The van der Waals surface area contributed by atoms with E-state index < -0.39 is 0 Å². The molecule has 194 valence electrons. The molecule has 8 heteroatoms. The lowest BCUT2D eigenvalue weighted by atomic mass is 10.0. The van der Waals surface area contributed by atoms with Gasteiger partial charge in [0.2, 0.25) is 0 Å². The van der Waals surface area contributed by atoms with Crippen LogP contribution in [-0.2, 0) is 6.54 Å². The van der Waals surface area contributed by atoms with Gasteiger partial charge in [-0.3, -0.25) is 9.88 Å². The quantitative estimate of drug-likeness (QED) is 0.301. The minimum Gasteiger partial charge on any atom is -0.361 e. The Balaban J connectivity index is 1.14. The molecule has 0 spiro atoms. The molecule has 0 amide bonds. The number of nitrogens with zero attached hydrogens (tertiary/aromatic N) is 5. The average molecular weight is 524 g/mol. The lowest BCUT2D eigenvalue weighted by Crippen LogP contribution is -2.43. The third kappa shape index (κ3) is 5.23. The van der Waals surface area contributed by atoms with Crippen molar-refractivity contribution in [2.75, 3.05) is 31.5 Å². The standard InChI is InChI=1S/C30H33N7S/c1-21-26-8-11-33-28(26)7-6-27(21)35-30-22(17-32-18-23(30)16-31)4-5-24-20-38-29(34-24)19-36-14-9-25(10-15-36)37-12-2-3-13-37/h4-8,11,17-18,20,25,33H,2-3,9-10,12-15,19H2,1H3,(H,32,35)/b5-4+. The number of aromatic nitrogens is 3. The lowest BCUT2D eigenvalue weighted by Gasteiger charge is -2.36. The van der Waals surface area contributed by atoms with Crippen LogP contribution in [0.15, 0.2) is 42.2 Å². The predicted molar refractivity (Wildman–Crippen MR) is 155 cm³/mol. The first-order valence-corrected chi connectivity index (χ1v) is 14.4. The number of benzene rings is 1. The summed E-state index contributed by atoms with van der Waals surface area (Å²) >= 11 is 1.72. The molecule has 0 bridgehead atoms. The van der Waals surface area contributed by atoms with Crippen LogP contribution in [0.5, 0.6) is 0 Å². The molecule has 5 heterocycles. The summed E-state index contributed by atoms with van der Waals surface area (Å²) < 4.78 is 0. The monoisotopic (exact) mass is 523 g/mol. The first-order chi connectivity index (χ1) is 18.7. The van der Waals surface area contributed by atoms with Crippen LogP contribution in [-0.4, -0.2) is 57.0 Å². The Hall–Kier alpha value is -3.51.